The maximum Gasteiger partial charge on any atom is 0.271 e. The zero-order chi connectivity index (χ0) is 19.7. The molecular formula is C21H26N2O4. The van der Waals surface area contributed by atoms with Gasteiger partial charge in [0.15, 0.2) is 17.3 Å². The van der Waals surface area contributed by atoms with Gasteiger partial charge in [-0.3, -0.25) is 9.59 Å². The van der Waals surface area contributed by atoms with Crippen molar-refractivity contribution in [2.75, 3.05) is 20.8 Å². The van der Waals surface area contributed by atoms with Crippen LogP contribution in [0.4, 0.5) is 0 Å². The molecule has 1 atom stereocenters. The Bertz CT molecular complexity index is 885. The van der Waals surface area contributed by atoms with Crippen molar-refractivity contribution in [2.45, 2.75) is 39.7 Å². The highest BCUT2D eigenvalue weighted by molar-refractivity contribution is 6.02. The number of methoxy groups -OCH3 is 2. The monoisotopic (exact) mass is 370 g/mol. The first-order valence-electron chi connectivity index (χ1n) is 9.12. The molecule has 0 saturated carbocycles. The van der Waals surface area contributed by atoms with Crippen molar-refractivity contribution in [3.8, 4) is 11.5 Å². The summed E-state index contributed by atoms with van der Waals surface area (Å²) in [7, 11) is 3.21. The molecule has 6 nitrogen and oxygen atoms in total. The summed E-state index contributed by atoms with van der Waals surface area (Å²) in [6, 6.07) is 5.75. The minimum atomic E-state index is -0.0691. The fourth-order valence-electron chi connectivity index (χ4n) is 4.05. The number of aromatic amines is 1. The highest BCUT2D eigenvalue weighted by Gasteiger charge is 2.33. The quantitative estimate of drug-likeness (QED) is 0.812. The van der Waals surface area contributed by atoms with Gasteiger partial charge in [-0.1, -0.05) is 6.07 Å². The molecule has 1 aromatic heterocycles. The molecule has 1 unspecified atom stereocenters. The third-order valence-electron chi connectivity index (χ3n) is 5.31. The number of hydrogen-bond acceptors (Lipinski definition) is 4. The van der Waals surface area contributed by atoms with Crippen LogP contribution in [0, 0.1) is 13.8 Å². The van der Waals surface area contributed by atoms with E-state index >= 15 is 0 Å². The lowest BCUT2D eigenvalue weighted by molar-refractivity contribution is 0.0729. The van der Waals surface area contributed by atoms with Gasteiger partial charge in [-0.05, 0) is 56.9 Å². The van der Waals surface area contributed by atoms with Crippen LogP contribution in [-0.4, -0.2) is 42.3 Å². The van der Waals surface area contributed by atoms with E-state index in [9.17, 15) is 9.59 Å². The molecule has 1 aliphatic heterocycles. The molecular weight excluding hydrogens is 344 g/mol. The van der Waals surface area contributed by atoms with Crippen LogP contribution in [0.25, 0.3) is 0 Å². The summed E-state index contributed by atoms with van der Waals surface area (Å²) in [4.78, 5) is 30.1. The number of H-pyrrole nitrogens is 1. The number of nitrogens with one attached hydrogen (secondary N) is 1. The minimum Gasteiger partial charge on any atom is -0.493 e. The molecule has 1 N–H and O–H groups in total. The molecule has 0 spiro atoms. The number of likely N-dealkylation sites (tertiary alicyclic amines) is 1. The molecule has 2 heterocycles. The number of amides is 1. The average molecular weight is 370 g/mol. The number of aromatic nitrogens is 1. The van der Waals surface area contributed by atoms with Gasteiger partial charge >= 0.3 is 0 Å². The second-order valence-electron chi connectivity index (χ2n) is 6.95. The largest absolute Gasteiger partial charge is 0.493 e. The maximum absolute atomic E-state index is 13.2. The topological polar surface area (TPSA) is 71.6 Å². The number of benzene rings is 1. The van der Waals surface area contributed by atoms with E-state index in [-0.39, 0.29) is 17.7 Å². The van der Waals surface area contributed by atoms with E-state index in [1.165, 1.54) is 6.92 Å². The highest BCUT2D eigenvalue weighted by atomic mass is 16.5. The molecule has 6 heteroatoms. The van der Waals surface area contributed by atoms with Gasteiger partial charge in [0, 0.05) is 17.8 Å². The molecule has 1 fully saturated rings. The predicted molar refractivity (Wildman–Crippen MR) is 103 cm³/mol. The van der Waals surface area contributed by atoms with Crippen molar-refractivity contribution in [2.24, 2.45) is 0 Å². The van der Waals surface area contributed by atoms with Crippen molar-refractivity contribution in [1.82, 2.24) is 9.88 Å². The van der Waals surface area contributed by atoms with Crippen LogP contribution in [0.15, 0.2) is 18.2 Å². The first-order chi connectivity index (χ1) is 12.9. The Labute approximate surface area is 159 Å². The zero-order valence-electron chi connectivity index (χ0n) is 16.5. The molecule has 27 heavy (non-hydrogen) atoms. The number of ketones is 1. The first-order valence-corrected chi connectivity index (χ1v) is 9.12. The molecule has 0 bridgehead atoms. The second-order valence-corrected chi connectivity index (χ2v) is 6.95. The number of aryl methyl sites for hydroxylation is 1. The number of ether oxygens (including phenoxy) is 2. The summed E-state index contributed by atoms with van der Waals surface area (Å²) in [5.74, 6) is 1.22. The Hall–Kier alpha value is -2.76. The van der Waals surface area contributed by atoms with E-state index in [2.05, 4.69) is 4.98 Å². The Morgan fingerprint density at radius 2 is 1.85 bits per heavy atom. The van der Waals surface area contributed by atoms with E-state index in [0.717, 1.165) is 29.7 Å². The lowest BCUT2D eigenvalue weighted by atomic mass is 10.0. The number of carbonyl (C=O) groups is 2. The SMILES string of the molecule is COc1ccc(C2CCCN2C(=O)c2[nH]c(C)c(C(C)=O)c2C)cc1OC. The summed E-state index contributed by atoms with van der Waals surface area (Å²) in [6.45, 7) is 5.87. The molecule has 1 aromatic carbocycles. The van der Waals surface area contributed by atoms with E-state index in [4.69, 9.17) is 9.47 Å². The molecule has 0 radical (unpaired) electrons. The normalized spacial score (nSPS) is 16.5. The van der Waals surface area contributed by atoms with Crippen LogP contribution in [0.5, 0.6) is 11.5 Å². The average Bonchev–Trinajstić information content (AvgIpc) is 3.25. The number of nitrogens with zero attached hydrogens (tertiary/aromatic N) is 1. The fraction of sp³-hybridized carbons (Fsp3) is 0.429. The summed E-state index contributed by atoms with van der Waals surface area (Å²) >= 11 is 0. The molecule has 144 valence electrons. The van der Waals surface area contributed by atoms with Gasteiger partial charge in [0.2, 0.25) is 0 Å². The number of hydrogen-bond donors (Lipinski definition) is 1. The van der Waals surface area contributed by atoms with Gasteiger partial charge in [-0.2, -0.15) is 0 Å². The standard InChI is InChI=1S/C21H26N2O4/c1-12-19(14(3)24)13(2)22-20(12)21(25)23-10-6-7-16(23)15-8-9-17(26-4)18(11-15)27-5/h8-9,11,16,22H,6-7,10H2,1-5H3. The van der Waals surface area contributed by atoms with Crippen LogP contribution in [0.2, 0.25) is 0 Å². The number of carbonyl (C=O) groups excluding carboxylic acids is 2. The molecule has 3 rings (SSSR count). The van der Waals surface area contributed by atoms with Gasteiger partial charge in [0.25, 0.3) is 5.91 Å². The van der Waals surface area contributed by atoms with E-state index in [0.29, 0.717) is 29.3 Å². The van der Waals surface area contributed by atoms with Crippen LogP contribution < -0.4 is 9.47 Å². The zero-order valence-corrected chi connectivity index (χ0v) is 16.5. The molecule has 1 amide bonds. The Morgan fingerprint density at radius 3 is 2.44 bits per heavy atom. The molecule has 1 aliphatic rings. The summed E-state index contributed by atoms with van der Waals surface area (Å²) in [6.07, 6.45) is 1.82. The van der Waals surface area contributed by atoms with Crippen molar-refractivity contribution in [1.29, 1.82) is 0 Å². The maximum atomic E-state index is 13.2. The van der Waals surface area contributed by atoms with Crippen molar-refractivity contribution >= 4 is 11.7 Å². The van der Waals surface area contributed by atoms with Crippen LogP contribution in [0.1, 0.15) is 63.5 Å². The Morgan fingerprint density at radius 1 is 1.15 bits per heavy atom. The van der Waals surface area contributed by atoms with Gasteiger partial charge in [0.05, 0.1) is 20.3 Å². The van der Waals surface area contributed by atoms with Crippen LogP contribution in [-0.2, 0) is 0 Å². The highest BCUT2D eigenvalue weighted by Crippen LogP contribution is 2.38. The van der Waals surface area contributed by atoms with Gasteiger partial charge in [-0.25, -0.2) is 0 Å². The van der Waals surface area contributed by atoms with Crippen molar-refractivity contribution in [3.05, 3.63) is 46.3 Å². The van der Waals surface area contributed by atoms with Gasteiger partial charge < -0.3 is 19.4 Å². The molecule has 0 aliphatic carbocycles. The number of rotatable bonds is 5. The van der Waals surface area contributed by atoms with Crippen LogP contribution >= 0.6 is 0 Å². The lowest BCUT2D eigenvalue weighted by Crippen LogP contribution is -2.31. The molecule has 1 saturated heterocycles. The van der Waals surface area contributed by atoms with Gasteiger partial charge in [0.1, 0.15) is 5.69 Å². The predicted octanol–water partition coefficient (Wildman–Crippen LogP) is 3.83. The summed E-state index contributed by atoms with van der Waals surface area (Å²) in [5, 5.41) is 0. The van der Waals surface area contributed by atoms with Gasteiger partial charge in [-0.15, -0.1) is 0 Å². The first kappa shape index (κ1) is 19.0. The summed E-state index contributed by atoms with van der Waals surface area (Å²) in [5.41, 5.74) is 3.60. The molecule has 2 aromatic rings. The Kier molecular flexibility index (Phi) is 5.26. The lowest BCUT2D eigenvalue weighted by Gasteiger charge is -2.25. The third kappa shape index (κ3) is 3.31. The van der Waals surface area contributed by atoms with Crippen molar-refractivity contribution in [3.63, 3.8) is 0 Å². The Balaban J connectivity index is 1.94. The van der Waals surface area contributed by atoms with Crippen molar-refractivity contribution < 1.29 is 19.1 Å². The minimum absolute atomic E-state index is 0.0268. The van der Waals surface area contributed by atoms with E-state index in [1.54, 1.807) is 14.2 Å². The third-order valence-corrected chi connectivity index (χ3v) is 5.31. The van der Waals surface area contributed by atoms with E-state index in [1.807, 2.05) is 36.9 Å². The van der Waals surface area contributed by atoms with Crippen LogP contribution in [0.3, 0.4) is 0 Å². The summed E-state index contributed by atoms with van der Waals surface area (Å²) < 4.78 is 10.7. The van der Waals surface area contributed by atoms with E-state index < -0.39 is 0 Å². The number of Topliss-reactive ketones (excluding diaryl/α,β-unsaturated/α-hetero) is 1. The smallest absolute Gasteiger partial charge is 0.271 e. The second kappa shape index (κ2) is 7.47. The fourth-order valence-corrected chi connectivity index (χ4v) is 4.05.